The Hall–Kier alpha value is -0.980. The van der Waals surface area contributed by atoms with Crippen LogP contribution in [0, 0.1) is 11.3 Å². The molecule has 0 radical (unpaired) electrons. The van der Waals surface area contributed by atoms with Crippen molar-refractivity contribution >= 4 is 0 Å². The lowest BCUT2D eigenvalue weighted by molar-refractivity contribution is 0.216. The van der Waals surface area contributed by atoms with Crippen LogP contribution in [0.2, 0.25) is 0 Å². The second-order valence-corrected chi connectivity index (χ2v) is 5.76. The van der Waals surface area contributed by atoms with E-state index >= 15 is 0 Å². The molecule has 0 spiro atoms. The molecule has 15 heavy (non-hydrogen) atoms. The van der Waals surface area contributed by atoms with Gasteiger partial charge in [0, 0.05) is 0 Å². The van der Waals surface area contributed by atoms with Crippen LogP contribution in [-0.4, -0.2) is 5.11 Å². The second-order valence-electron chi connectivity index (χ2n) is 5.76. The first-order chi connectivity index (χ1) is 6.97. The minimum atomic E-state index is 0.378. The smallest absolute Gasteiger partial charge is 0.115 e. The molecule has 0 unspecified atom stereocenters. The number of aryl methyl sites for hydroxylation is 1. The third kappa shape index (κ3) is 2.17. The summed E-state index contributed by atoms with van der Waals surface area (Å²) in [6, 6.07) is 5.81. The maximum absolute atomic E-state index is 9.48. The van der Waals surface area contributed by atoms with E-state index in [9.17, 15) is 5.11 Å². The quantitative estimate of drug-likeness (QED) is 0.685. The Morgan fingerprint density at radius 1 is 1.20 bits per heavy atom. The zero-order valence-electron chi connectivity index (χ0n) is 9.88. The summed E-state index contributed by atoms with van der Waals surface area (Å²) in [7, 11) is 0. The van der Waals surface area contributed by atoms with Crippen LogP contribution in [0.3, 0.4) is 0 Å². The number of aromatic hydroxyl groups is 1. The van der Waals surface area contributed by atoms with Crippen molar-refractivity contribution in [3.63, 3.8) is 0 Å². The number of rotatable bonds is 0. The maximum atomic E-state index is 9.48. The fraction of sp³-hybridized carbons (Fsp3) is 0.571. The second kappa shape index (κ2) is 3.55. The van der Waals surface area contributed by atoms with Crippen LogP contribution >= 0.6 is 0 Å². The Morgan fingerprint density at radius 3 is 2.60 bits per heavy atom. The lowest BCUT2D eigenvalue weighted by Gasteiger charge is -2.35. The van der Waals surface area contributed by atoms with E-state index in [-0.39, 0.29) is 0 Å². The van der Waals surface area contributed by atoms with E-state index in [0.29, 0.717) is 11.2 Å². The number of hydrogen-bond acceptors (Lipinski definition) is 1. The largest absolute Gasteiger partial charge is 0.508 e. The molecule has 0 saturated carbocycles. The van der Waals surface area contributed by atoms with Crippen molar-refractivity contribution in [2.24, 2.45) is 11.3 Å². The van der Waals surface area contributed by atoms with Gasteiger partial charge in [-0.25, -0.2) is 0 Å². The van der Waals surface area contributed by atoms with Crippen molar-refractivity contribution in [3.8, 4) is 5.75 Å². The molecule has 2 rings (SSSR count). The van der Waals surface area contributed by atoms with Crippen molar-refractivity contribution < 1.29 is 5.11 Å². The highest BCUT2D eigenvalue weighted by Gasteiger charge is 2.28. The van der Waals surface area contributed by atoms with Gasteiger partial charge >= 0.3 is 0 Å². The first kappa shape index (κ1) is 10.5. The monoisotopic (exact) mass is 204 g/mol. The summed E-state index contributed by atoms with van der Waals surface area (Å²) in [5, 5.41) is 9.48. The van der Waals surface area contributed by atoms with Gasteiger partial charge in [0.25, 0.3) is 0 Å². The van der Waals surface area contributed by atoms with Crippen LogP contribution in [-0.2, 0) is 12.8 Å². The Balaban J connectivity index is 2.26. The van der Waals surface area contributed by atoms with Gasteiger partial charge in [-0.3, -0.25) is 0 Å². The summed E-state index contributed by atoms with van der Waals surface area (Å²) >= 11 is 0. The summed E-state index contributed by atoms with van der Waals surface area (Å²) in [4.78, 5) is 0. The SMILES string of the molecule is CC(C)(C)[C@@H]1CCc2ccc(O)cc2C1. The van der Waals surface area contributed by atoms with Gasteiger partial charge in [0.05, 0.1) is 0 Å². The molecule has 0 amide bonds. The lowest BCUT2D eigenvalue weighted by atomic mass is 9.70. The van der Waals surface area contributed by atoms with Gasteiger partial charge in [0.2, 0.25) is 0 Å². The van der Waals surface area contributed by atoms with E-state index in [4.69, 9.17) is 0 Å². The van der Waals surface area contributed by atoms with Gasteiger partial charge in [-0.15, -0.1) is 0 Å². The zero-order chi connectivity index (χ0) is 11.1. The molecule has 0 aromatic heterocycles. The highest BCUT2D eigenvalue weighted by Crippen LogP contribution is 2.37. The molecule has 0 heterocycles. The first-order valence-electron chi connectivity index (χ1n) is 5.77. The molecule has 0 saturated heterocycles. The van der Waals surface area contributed by atoms with Gasteiger partial charge in [0.1, 0.15) is 5.75 Å². The van der Waals surface area contributed by atoms with E-state index in [2.05, 4.69) is 26.8 Å². The van der Waals surface area contributed by atoms with Crippen molar-refractivity contribution in [1.29, 1.82) is 0 Å². The van der Waals surface area contributed by atoms with Crippen molar-refractivity contribution in [2.75, 3.05) is 0 Å². The molecule has 1 atom stereocenters. The number of phenolic OH excluding ortho intramolecular Hbond substituents is 1. The molecule has 1 aromatic rings. The molecule has 0 aliphatic heterocycles. The molecule has 0 fully saturated rings. The average Bonchev–Trinajstić information content (AvgIpc) is 2.15. The van der Waals surface area contributed by atoms with Crippen molar-refractivity contribution in [1.82, 2.24) is 0 Å². The highest BCUT2D eigenvalue weighted by atomic mass is 16.3. The molecule has 82 valence electrons. The normalized spacial score (nSPS) is 21.1. The third-order valence-corrected chi connectivity index (χ3v) is 3.64. The van der Waals surface area contributed by atoms with Crippen LogP contribution in [0.5, 0.6) is 5.75 Å². The molecule has 1 nitrogen and oxygen atoms in total. The first-order valence-corrected chi connectivity index (χ1v) is 5.77. The molecule has 1 aromatic carbocycles. The molecule has 1 N–H and O–H groups in total. The predicted molar refractivity (Wildman–Crippen MR) is 63.1 cm³/mol. The van der Waals surface area contributed by atoms with Crippen LogP contribution in [0.1, 0.15) is 38.3 Å². The minimum Gasteiger partial charge on any atom is -0.508 e. The zero-order valence-corrected chi connectivity index (χ0v) is 9.88. The average molecular weight is 204 g/mol. The van der Waals surface area contributed by atoms with Gasteiger partial charge < -0.3 is 5.11 Å². The third-order valence-electron chi connectivity index (χ3n) is 3.64. The Bertz CT molecular complexity index is 360. The molecule has 0 bridgehead atoms. The number of phenols is 1. The van der Waals surface area contributed by atoms with Gasteiger partial charge in [-0.05, 0) is 53.9 Å². The maximum Gasteiger partial charge on any atom is 0.115 e. The predicted octanol–water partition coefficient (Wildman–Crippen LogP) is 3.54. The van der Waals surface area contributed by atoms with Crippen molar-refractivity contribution in [3.05, 3.63) is 29.3 Å². The minimum absolute atomic E-state index is 0.378. The Morgan fingerprint density at radius 2 is 1.93 bits per heavy atom. The van der Waals surface area contributed by atoms with Crippen LogP contribution in [0.25, 0.3) is 0 Å². The van der Waals surface area contributed by atoms with E-state index in [1.807, 2.05) is 6.07 Å². The van der Waals surface area contributed by atoms with Crippen molar-refractivity contribution in [2.45, 2.75) is 40.0 Å². The standard InChI is InChI=1S/C14H20O/c1-14(2,3)12-6-4-10-5-7-13(15)9-11(10)8-12/h5,7,9,12,15H,4,6,8H2,1-3H3/t12-/m1/s1. The fourth-order valence-corrected chi connectivity index (χ4v) is 2.48. The lowest BCUT2D eigenvalue weighted by Crippen LogP contribution is -2.26. The summed E-state index contributed by atoms with van der Waals surface area (Å²) in [6.07, 6.45) is 3.56. The van der Waals surface area contributed by atoms with Crippen LogP contribution < -0.4 is 0 Å². The Labute approximate surface area is 92.1 Å². The number of hydrogen-bond donors (Lipinski definition) is 1. The van der Waals surface area contributed by atoms with Crippen LogP contribution in [0.4, 0.5) is 0 Å². The van der Waals surface area contributed by atoms with Gasteiger partial charge in [-0.1, -0.05) is 26.8 Å². The molecule has 1 aliphatic rings. The van der Waals surface area contributed by atoms with Gasteiger partial charge in [0.15, 0.2) is 0 Å². The molecule has 1 heteroatoms. The van der Waals surface area contributed by atoms with E-state index < -0.39 is 0 Å². The van der Waals surface area contributed by atoms with E-state index in [1.165, 1.54) is 17.5 Å². The summed E-state index contributed by atoms with van der Waals surface area (Å²) in [6.45, 7) is 6.93. The highest BCUT2D eigenvalue weighted by molar-refractivity contribution is 5.36. The van der Waals surface area contributed by atoms with Gasteiger partial charge in [-0.2, -0.15) is 0 Å². The van der Waals surface area contributed by atoms with Crippen LogP contribution in [0.15, 0.2) is 18.2 Å². The molecular formula is C14H20O. The summed E-state index contributed by atoms with van der Waals surface area (Å²) in [5.74, 6) is 1.15. The summed E-state index contributed by atoms with van der Waals surface area (Å²) < 4.78 is 0. The summed E-state index contributed by atoms with van der Waals surface area (Å²) in [5.41, 5.74) is 3.15. The van der Waals surface area contributed by atoms with E-state index in [0.717, 1.165) is 18.8 Å². The fourth-order valence-electron chi connectivity index (χ4n) is 2.48. The molecular weight excluding hydrogens is 184 g/mol. The number of fused-ring (bicyclic) bond motifs is 1. The topological polar surface area (TPSA) is 20.2 Å². The molecule has 1 aliphatic carbocycles. The Kier molecular flexibility index (Phi) is 2.49. The number of benzene rings is 1. The van der Waals surface area contributed by atoms with E-state index in [1.54, 1.807) is 6.07 Å².